The first-order chi connectivity index (χ1) is 9.08. The number of halogens is 5. The number of sulfonamides is 1. The summed E-state index contributed by atoms with van der Waals surface area (Å²) in [6, 6.07) is 2.66. The molecule has 0 amide bonds. The van der Waals surface area contributed by atoms with Gasteiger partial charge in [-0.1, -0.05) is 15.9 Å². The summed E-state index contributed by atoms with van der Waals surface area (Å²) in [7, 11) is -2.32. The number of rotatable bonds is 5. The zero-order valence-corrected chi connectivity index (χ0v) is 14.4. The van der Waals surface area contributed by atoms with Gasteiger partial charge in [-0.3, -0.25) is 0 Å². The summed E-state index contributed by atoms with van der Waals surface area (Å²) in [5.41, 5.74) is -1.03. The molecular weight excluding hydrogens is 397 g/mol. The Labute approximate surface area is 136 Å². The van der Waals surface area contributed by atoms with Gasteiger partial charge in [0, 0.05) is 17.1 Å². The van der Waals surface area contributed by atoms with Gasteiger partial charge in [0.2, 0.25) is 10.0 Å². The van der Waals surface area contributed by atoms with Crippen molar-refractivity contribution in [3.05, 3.63) is 28.2 Å². The molecule has 21 heavy (non-hydrogen) atoms. The molecule has 122 valence electrons. The van der Waals surface area contributed by atoms with E-state index in [4.69, 9.17) is 0 Å². The number of hydrogen-bond acceptors (Lipinski definition) is 3. The molecule has 0 heterocycles. The standard InChI is InChI=1S/C11H14BrF3N2O2S.ClH/c1-7(16-2)6-17-20(18,19)8-3-4-10(12)9(5-8)11(13,14)15;/h3-5,7,16-17H,6H2,1-2H3;1H. The quantitative estimate of drug-likeness (QED) is 0.783. The number of nitrogens with one attached hydrogen (secondary N) is 2. The lowest BCUT2D eigenvalue weighted by molar-refractivity contribution is -0.138. The Kier molecular flexibility index (Phi) is 7.64. The van der Waals surface area contributed by atoms with Crippen molar-refractivity contribution in [3.8, 4) is 0 Å². The maximum atomic E-state index is 12.7. The average molecular weight is 412 g/mol. The van der Waals surface area contributed by atoms with E-state index in [1.54, 1.807) is 14.0 Å². The van der Waals surface area contributed by atoms with Crippen LogP contribution in [0.15, 0.2) is 27.6 Å². The van der Waals surface area contributed by atoms with Gasteiger partial charge in [-0.15, -0.1) is 12.4 Å². The molecule has 0 radical (unpaired) electrons. The third kappa shape index (κ3) is 5.74. The zero-order chi connectivity index (χ0) is 15.6. The summed E-state index contributed by atoms with van der Waals surface area (Å²) in [6.45, 7) is 1.82. The fraction of sp³-hybridized carbons (Fsp3) is 0.455. The molecule has 10 heteroatoms. The second-order valence-corrected chi connectivity index (χ2v) is 6.80. The normalized spacial score (nSPS) is 13.6. The molecule has 4 nitrogen and oxygen atoms in total. The third-order valence-electron chi connectivity index (χ3n) is 2.63. The van der Waals surface area contributed by atoms with Gasteiger partial charge in [0.15, 0.2) is 0 Å². The van der Waals surface area contributed by atoms with E-state index in [0.29, 0.717) is 6.07 Å². The zero-order valence-electron chi connectivity index (χ0n) is 11.2. The average Bonchev–Trinajstić information content (AvgIpc) is 2.34. The van der Waals surface area contributed by atoms with E-state index < -0.39 is 26.7 Å². The van der Waals surface area contributed by atoms with E-state index in [1.165, 1.54) is 0 Å². The van der Waals surface area contributed by atoms with Crippen LogP contribution in [0.1, 0.15) is 12.5 Å². The molecule has 1 rings (SSSR count). The predicted molar refractivity (Wildman–Crippen MR) is 80.1 cm³/mol. The Morgan fingerprint density at radius 1 is 1.33 bits per heavy atom. The van der Waals surface area contributed by atoms with Crippen LogP contribution in [-0.4, -0.2) is 28.1 Å². The van der Waals surface area contributed by atoms with Crippen molar-refractivity contribution in [3.63, 3.8) is 0 Å². The van der Waals surface area contributed by atoms with Gasteiger partial charge in [-0.2, -0.15) is 13.2 Å². The summed E-state index contributed by atoms with van der Waals surface area (Å²) in [4.78, 5) is -0.420. The molecule has 0 bridgehead atoms. The van der Waals surface area contributed by atoms with E-state index in [9.17, 15) is 21.6 Å². The molecule has 0 aromatic heterocycles. The molecule has 0 saturated heterocycles. The number of benzene rings is 1. The molecule has 2 N–H and O–H groups in total. The largest absolute Gasteiger partial charge is 0.417 e. The van der Waals surface area contributed by atoms with Gasteiger partial charge in [-0.25, -0.2) is 13.1 Å². The summed E-state index contributed by atoms with van der Waals surface area (Å²) in [5, 5.41) is 2.82. The van der Waals surface area contributed by atoms with E-state index in [2.05, 4.69) is 26.0 Å². The minimum Gasteiger partial charge on any atom is -0.316 e. The number of hydrogen-bond donors (Lipinski definition) is 2. The van der Waals surface area contributed by atoms with Gasteiger partial charge < -0.3 is 5.32 Å². The van der Waals surface area contributed by atoms with Crippen LogP contribution in [0.2, 0.25) is 0 Å². The lowest BCUT2D eigenvalue weighted by atomic mass is 10.2. The molecule has 0 aliphatic carbocycles. The van der Waals surface area contributed by atoms with Crippen LogP contribution in [0.3, 0.4) is 0 Å². The molecule has 0 aliphatic heterocycles. The van der Waals surface area contributed by atoms with Gasteiger partial charge in [0.1, 0.15) is 0 Å². The van der Waals surface area contributed by atoms with Crippen molar-refractivity contribution in [2.45, 2.75) is 24.0 Å². The van der Waals surface area contributed by atoms with Crippen LogP contribution in [0, 0.1) is 0 Å². The fourth-order valence-corrected chi connectivity index (χ4v) is 2.94. The summed E-state index contributed by atoms with van der Waals surface area (Å²) in [6.07, 6.45) is -4.62. The van der Waals surface area contributed by atoms with Crippen molar-refractivity contribution in [1.29, 1.82) is 0 Å². The van der Waals surface area contributed by atoms with Crippen molar-refractivity contribution in [2.24, 2.45) is 0 Å². The Balaban J connectivity index is 0.00000400. The fourth-order valence-electron chi connectivity index (χ4n) is 1.31. The molecule has 0 spiro atoms. The highest BCUT2D eigenvalue weighted by molar-refractivity contribution is 9.10. The Morgan fingerprint density at radius 3 is 2.38 bits per heavy atom. The minimum absolute atomic E-state index is 0. The van der Waals surface area contributed by atoms with Crippen molar-refractivity contribution in [2.75, 3.05) is 13.6 Å². The summed E-state index contributed by atoms with van der Waals surface area (Å²) < 4.78 is 64.1. The molecule has 0 saturated carbocycles. The SMILES string of the molecule is CNC(C)CNS(=O)(=O)c1ccc(Br)c(C(F)(F)F)c1.Cl. The smallest absolute Gasteiger partial charge is 0.316 e. The van der Waals surface area contributed by atoms with Crippen LogP contribution in [-0.2, 0) is 16.2 Å². The maximum Gasteiger partial charge on any atom is 0.417 e. The highest BCUT2D eigenvalue weighted by atomic mass is 79.9. The summed E-state index contributed by atoms with van der Waals surface area (Å²) >= 11 is 2.76. The van der Waals surface area contributed by atoms with Gasteiger partial charge in [0.05, 0.1) is 10.5 Å². The van der Waals surface area contributed by atoms with Gasteiger partial charge in [-0.05, 0) is 32.2 Å². The minimum atomic E-state index is -4.62. The van der Waals surface area contributed by atoms with Crippen LogP contribution < -0.4 is 10.0 Å². The van der Waals surface area contributed by atoms with Crippen molar-refractivity contribution < 1.29 is 21.6 Å². The molecule has 1 unspecified atom stereocenters. The van der Waals surface area contributed by atoms with E-state index in [-0.39, 0.29) is 29.5 Å². The van der Waals surface area contributed by atoms with Gasteiger partial charge in [0.25, 0.3) is 0 Å². The van der Waals surface area contributed by atoms with Crippen LogP contribution in [0.5, 0.6) is 0 Å². The first kappa shape index (κ1) is 20.6. The Bertz CT molecular complexity index is 581. The lowest BCUT2D eigenvalue weighted by Crippen LogP contribution is -2.37. The highest BCUT2D eigenvalue weighted by Crippen LogP contribution is 2.36. The first-order valence-corrected chi connectivity index (χ1v) is 7.89. The maximum absolute atomic E-state index is 12.7. The molecular formula is C11H15BrClF3N2O2S. The Hall–Kier alpha value is -0.350. The molecule has 0 aliphatic rings. The van der Waals surface area contributed by atoms with Crippen molar-refractivity contribution >= 4 is 38.4 Å². The number of alkyl halides is 3. The molecule has 1 aromatic rings. The number of likely N-dealkylation sites (N-methyl/N-ethyl adjacent to an activating group) is 1. The van der Waals surface area contributed by atoms with Crippen molar-refractivity contribution in [1.82, 2.24) is 10.0 Å². The Morgan fingerprint density at radius 2 is 1.90 bits per heavy atom. The summed E-state index contributed by atoms with van der Waals surface area (Å²) in [5.74, 6) is 0. The van der Waals surface area contributed by atoms with Crippen LogP contribution >= 0.6 is 28.3 Å². The predicted octanol–water partition coefficient (Wildman–Crippen LogP) is 2.78. The monoisotopic (exact) mass is 410 g/mol. The van der Waals surface area contributed by atoms with E-state index >= 15 is 0 Å². The highest BCUT2D eigenvalue weighted by Gasteiger charge is 2.34. The molecule has 1 aromatic carbocycles. The second-order valence-electron chi connectivity index (χ2n) is 4.18. The van der Waals surface area contributed by atoms with Crippen LogP contribution in [0.25, 0.3) is 0 Å². The lowest BCUT2D eigenvalue weighted by Gasteiger charge is -2.14. The van der Waals surface area contributed by atoms with Crippen LogP contribution in [0.4, 0.5) is 13.2 Å². The first-order valence-electron chi connectivity index (χ1n) is 5.61. The topological polar surface area (TPSA) is 58.2 Å². The van der Waals surface area contributed by atoms with E-state index in [1.807, 2.05) is 0 Å². The third-order valence-corrected chi connectivity index (χ3v) is 4.74. The molecule has 1 atom stereocenters. The molecule has 0 fully saturated rings. The van der Waals surface area contributed by atoms with Gasteiger partial charge >= 0.3 is 6.18 Å². The van der Waals surface area contributed by atoms with E-state index in [0.717, 1.165) is 12.1 Å². The second kappa shape index (κ2) is 7.77.